The molecule has 1 aliphatic rings. The molecule has 0 aliphatic carbocycles. The van der Waals surface area contributed by atoms with Gasteiger partial charge in [-0.05, 0) is 18.2 Å². The van der Waals surface area contributed by atoms with Gasteiger partial charge in [0.05, 0.1) is 0 Å². The van der Waals surface area contributed by atoms with Crippen LogP contribution in [0.3, 0.4) is 0 Å². The molecule has 1 aromatic carbocycles. The van der Waals surface area contributed by atoms with Gasteiger partial charge < -0.3 is 10.2 Å². The number of hydrogen-bond acceptors (Lipinski definition) is 4. The fraction of sp³-hybridized carbons (Fsp3) is 0.125. The van der Waals surface area contributed by atoms with Crippen LogP contribution in [-0.2, 0) is 4.79 Å². The number of carboxylic acid groups (broad SMARTS) is 1. The van der Waals surface area contributed by atoms with E-state index < -0.39 is 10.6 Å². The minimum absolute atomic E-state index is 0.179. The molecule has 1 atom stereocenters. The molecule has 3 nitrogen and oxygen atoms in total. The zero-order chi connectivity index (χ0) is 9.42. The van der Waals surface area contributed by atoms with Crippen LogP contribution in [0.25, 0.3) is 0 Å². The normalized spacial score (nSPS) is 19.8. The van der Waals surface area contributed by atoms with E-state index in [1.807, 2.05) is 0 Å². The van der Waals surface area contributed by atoms with Crippen LogP contribution in [0, 0.1) is 0 Å². The summed E-state index contributed by atoms with van der Waals surface area (Å²) in [6, 6.07) is 4.90. The van der Waals surface area contributed by atoms with Gasteiger partial charge in [0.1, 0.15) is 5.75 Å². The summed E-state index contributed by atoms with van der Waals surface area (Å²) < 4.78 is -0.475. The lowest BCUT2D eigenvalue weighted by atomic mass is 10.3. The van der Waals surface area contributed by atoms with Crippen molar-refractivity contribution in [3.05, 3.63) is 18.2 Å². The van der Waals surface area contributed by atoms with E-state index in [9.17, 15) is 4.79 Å². The number of benzene rings is 1. The number of thioether (sulfide) groups is 2. The van der Waals surface area contributed by atoms with E-state index in [1.165, 1.54) is 23.5 Å². The van der Waals surface area contributed by atoms with E-state index in [2.05, 4.69) is 0 Å². The number of phenols is 1. The number of phenolic OH excluding ortho intramolecular Hbond substituents is 1. The van der Waals surface area contributed by atoms with E-state index in [0.29, 0.717) is 0 Å². The standard InChI is InChI=1S/C8H6O3S2/c9-4-1-2-5-6(3-4)13-8(12-5)7(10)11/h1-3,8-9H,(H,10,11). The molecule has 0 saturated carbocycles. The summed E-state index contributed by atoms with van der Waals surface area (Å²) in [4.78, 5) is 12.4. The monoisotopic (exact) mass is 214 g/mol. The van der Waals surface area contributed by atoms with Gasteiger partial charge in [0, 0.05) is 9.79 Å². The largest absolute Gasteiger partial charge is 0.508 e. The molecule has 5 heteroatoms. The molecule has 0 aromatic heterocycles. The van der Waals surface area contributed by atoms with Gasteiger partial charge in [0.25, 0.3) is 0 Å². The number of carbonyl (C=O) groups is 1. The van der Waals surface area contributed by atoms with Crippen molar-refractivity contribution < 1.29 is 15.0 Å². The van der Waals surface area contributed by atoms with Crippen molar-refractivity contribution in [2.24, 2.45) is 0 Å². The maximum Gasteiger partial charge on any atom is 0.327 e. The van der Waals surface area contributed by atoms with Crippen molar-refractivity contribution in [3.8, 4) is 5.75 Å². The van der Waals surface area contributed by atoms with Crippen molar-refractivity contribution in [2.45, 2.75) is 14.4 Å². The highest BCUT2D eigenvalue weighted by Crippen LogP contribution is 2.48. The molecule has 1 aromatic rings. The number of hydrogen-bond donors (Lipinski definition) is 2. The number of carboxylic acids is 1. The summed E-state index contributed by atoms with van der Waals surface area (Å²) >= 11 is 2.57. The molecule has 0 fully saturated rings. The molecule has 13 heavy (non-hydrogen) atoms. The first-order valence-corrected chi connectivity index (χ1v) is 5.32. The third kappa shape index (κ3) is 1.62. The lowest BCUT2D eigenvalue weighted by Crippen LogP contribution is -2.07. The summed E-state index contributed by atoms with van der Waals surface area (Å²) in [5.74, 6) is -0.649. The third-order valence-corrected chi connectivity index (χ3v) is 4.34. The summed E-state index contributed by atoms with van der Waals surface area (Å²) in [5.41, 5.74) is 0. The van der Waals surface area contributed by atoms with Crippen LogP contribution in [0.15, 0.2) is 28.0 Å². The predicted octanol–water partition coefficient (Wildman–Crippen LogP) is 2.00. The Morgan fingerprint density at radius 1 is 1.31 bits per heavy atom. The van der Waals surface area contributed by atoms with Crippen LogP contribution >= 0.6 is 23.5 Å². The van der Waals surface area contributed by atoms with Crippen LogP contribution in [0.2, 0.25) is 0 Å². The number of rotatable bonds is 1. The van der Waals surface area contributed by atoms with E-state index in [4.69, 9.17) is 10.2 Å². The molecule has 2 rings (SSSR count). The van der Waals surface area contributed by atoms with Gasteiger partial charge in [-0.3, -0.25) is 4.79 Å². The van der Waals surface area contributed by atoms with Gasteiger partial charge in [-0.1, -0.05) is 23.5 Å². The first kappa shape index (κ1) is 8.77. The smallest absolute Gasteiger partial charge is 0.327 e. The number of fused-ring (bicyclic) bond motifs is 1. The van der Waals surface area contributed by atoms with E-state index in [0.717, 1.165) is 9.79 Å². The zero-order valence-corrected chi connectivity index (χ0v) is 8.06. The Labute approximate surface area is 83.2 Å². The Morgan fingerprint density at radius 3 is 2.69 bits per heavy atom. The first-order valence-electron chi connectivity index (χ1n) is 3.56. The Bertz CT molecular complexity index is 364. The van der Waals surface area contributed by atoms with Gasteiger partial charge in [-0.15, -0.1) is 0 Å². The predicted molar refractivity (Wildman–Crippen MR) is 51.2 cm³/mol. The maximum atomic E-state index is 10.7. The molecule has 0 amide bonds. The second-order valence-corrected chi connectivity index (χ2v) is 5.13. The second-order valence-electron chi connectivity index (χ2n) is 2.54. The molecule has 68 valence electrons. The van der Waals surface area contributed by atoms with Crippen LogP contribution in [-0.4, -0.2) is 20.8 Å². The lowest BCUT2D eigenvalue weighted by Gasteiger charge is -1.97. The van der Waals surface area contributed by atoms with Crippen molar-refractivity contribution >= 4 is 29.5 Å². The summed E-state index contributed by atoms with van der Waals surface area (Å²) in [6.45, 7) is 0. The van der Waals surface area contributed by atoms with Gasteiger partial charge in [0.15, 0.2) is 4.58 Å². The summed E-state index contributed by atoms with van der Waals surface area (Å²) in [6.07, 6.45) is 0. The van der Waals surface area contributed by atoms with Gasteiger partial charge >= 0.3 is 5.97 Å². The van der Waals surface area contributed by atoms with E-state index in [-0.39, 0.29) is 5.75 Å². The van der Waals surface area contributed by atoms with Crippen molar-refractivity contribution in [3.63, 3.8) is 0 Å². The Kier molecular flexibility index (Phi) is 2.13. The lowest BCUT2D eigenvalue weighted by molar-refractivity contribution is -0.134. The first-order chi connectivity index (χ1) is 6.16. The molecular formula is C8H6O3S2. The van der Waals surface area contributed by atoms with Crippen LogP contribution in [0.5, 0.6) is 5.75 Å². The fourth-order valence-corrected chi connectivity index (χ4v) is 3.50. The number of aliphatic carboxylic acids is 1. The van der Waals surface area contributed by atoms with Crippen LogP contribution in [0.4, 0.5) is 0 Å². The van der Waals surface area contributed by atoms with Crippen molar-refractivity contribution in [2.75, 3.05) is 0 Å². The van der Waals surface area contributed by atoms with Crippen molar-refractivity contribution in [1.29, 1.82) is 0 Å². The average molecular weight is 214 g/mol. The highest BCUT2D eigenvalue weighted by atomic mass is 32.2. The molecule has 1 heterocycles. The molecule has 1 aliphatic heterocycles. The van der Waals surface area contributed by atoms with Crippen LogP contribution < -0.4 is 0 Å². The zero-order valence-electron chi connectivity index (χ0n) is 6.43. The Balaban J connectivity index is 2.30. The van der Waals surface area contributed by atoms with Crippen molar-refractivity contribution in [1.82, 2.24) is 0 Å². The topological polar surface area (TPSA) is 57.5 Å². The minimum atomic E-state index is -0.828. The van der Waals surface area contributed by atoms with Gasteiger partial charge in [-0.25, -0.2) is 0 Å². The maximum absolute atomic E-state index is 10.7. The number of aromatic hydroxyl groups is 1. The molecule has 2 N–H and O–H groups in total. The van der Waals surface area contributed by atoms with Gasteiger partial charge in [-0.2, -0.15) is 0 Å². The second kappa shape index (κ2) is 3.16. The summed E-state index contributed by atoms with van der Waals surface area (Å²) in [7, 11) is 0. The van der Waals surface area contributed by atoms with E-state index >= 15 is 0 Å². The molecule has 0 bridgehead atoms. The fourth-order valence-electron chi connectivity index (χ4n) is 1.04. The van der Waals surface area contributed by atoms with E-state index in [1.54, 1.807) is 18.2 Å². The molecule has 0 spiro atoms. The quantitative estimate of drug-likeness (QED) is 0.748. The van der Waals surface area contributed by atoms with Gasteiger partial charge in [0.2, 0.25) is 0 Å². The average Bonchev–Trinajstić information content (AvgIpc) is 2.46. The third-order valence-electron chi connectivity index (χ3n) is 1.60. The Hall–Kier alpha value is -0.810. The molecular weight excluding hydrogens is 208 g/mol. The highest BCUT2D eigenvalue weighted by Gasteiger charge is 2.28. The summed E-state index contributed by atoms with van der Waals surface area (Å²) in [5, 5.41) is 17.9. The highest BCUT2D eigenvalue weighted by molar-refractivity contribution is 8.20. The Morgan fingerprint density at radius 2 is 2.00 bits per heavy atom. The molecule has 1 unspecified atom stereocenters. The SMILES string of the molecule is O=C(O)C1Sc2ccc(O)cc2S1. The minimum Gasteiger partial charge on any atom is -0.508 e. The van der Waals surface area contributed by atoms with Crippen LogP contribution in [0.1, 0.15) is 0 Å². The molecule has 0 saturated heterocycles. The molecule has 0 radical (unpaired) electrons.